The predicted octanol–water partition coefficient (Wildman–Crippen LogP) is 1.98. The molecule has 0 bridgehead atoms. The molecular formula is C10H11NO2S. The molecule has 0 unspecified atom stereocenters. The Labute approximate surface area is 85.7 Å². The number of nitrogen functional groups attached to an aromatic ring is 1. The summed E-state index contributed by atoms with van der Waals surface area (Å²) in [6.07, 6.45) is 0. The van der Waals surface area contributed by atoms with Crippen LogP contribution in [0.25, 0.3) is 10.1 Å². The summed E-state index contributed by atoms with van der Waals surface area (Å²) < 4.78 is 6.25. The molecule has 0 amide bonds. The summed E-state index contributed by atoms with van der Waals surface area (Å²) in [6, 6.07) is 3.72. The Kier molecular flexibility index (Phi) is 2.31. The molecule has 0 aliphatic rings. The van der Waals surface area contributed by atoms with Crippen molar-refractivity contribution < 1.29 is 9.84 Å². The number of rotatable bonds is 2. The molecule has 0 saturated heterocycles. The number of thiophene rings is 1. The van der Waals surface area contributed by atoms with Crippen LogP contribution in [0.4, 0.5) is 5.69 Å². The van der Waals surface area contributed by atoms with Gasteiger partial charge in [0.15, 0.2) is 0 Å². The van der Waals surface area contributed by atoms with Gasteiger partial charge in [-0.25, -0.2) is 0 Å². The number of aliphatic hydroxyl groups is 1. The molecule has 0 saturated carbocycles. The monoisotopic (exact) mass is 209 g/mol. The summed E-state index contributed by atoms with van der Waals surface area (Å²) in [5.41, 5.74) is 7.26. The molecule has 2 aromatic rings. The zero-order chi connectivity index (χ0) is 10.1. The van der Waals surface area contributed by atoms with Crippen molar-refractivity contribution in [1.29, 1.82) is 0 Å². The maximum Gasteiger partial charge on any atom is 0.142 e. The summed E-state index contributed by atoms with van der Waals surface area (Å²) in [7, 11) is 1.60. The van der Waals surface area contributed by atoms with E-state index in [1.165, 1.54) is 0 Å². The van der Waals surface area contributed by atoms with E-state index >= 15 is 0 Å². The van der Waals surface area contributed by atoms with Crippen molar-refractivity contribution in [3.05, 3.63) is 23.1 Å². The van der Waals surface area contributed by atoms with Crippen molar-refractivity contribution in [3.63, 3.8) is 0 Å². The van der Waals surface area contributed by atoms with E-state index in [1.54, 1.807) is 24.5 Å². The van der Waals surface area contributed by atoms with E-state index in [-0.39, 0.29) is 6.61 Å². The highest BCUT2D eigenvalue weighted by Crippen LogP contribution is 2.37. The molecule has 4 heteroatoms. The molecule has 0 aliphatic heterocycles. The quantitative estimate of drug-likeness (QED) is 0.744. The second-order valence-electron chi connectivity index (χ2n) is 2.98. The van der Waals surface area contributed by atoms with Crippen molar-refractivity contribution >= 4 is 27.1 Å². The zero-order valence-corrected chi connectivity index (χ0v) is 8.60. The first kappa shape index (κ1) is 9.30. The Bertz CT molecular complexity index is 464. The van der Waals surface area contributed by atoms with E-state index in [0.29, 0.717) is 5.69 Å². The van der Waals surface area contributed by atoms with E-state index in [4.69, 9.17) is 15.6 Å². The van der Waals surface area contributed by atoms with Gasteiger partial charge in [-0.05, 0) is 17.5 Å². The Hall–Kier alpha value is -1.26. The van der Waals surface area contributed by atoms with Crippen molar-refractivity contribution in [2.75, 3.05) is 12.8 Å². The number of hydrogen-bond acceptors (Lipinski definition) is 4. The summed E-state index contributed by atoms with van der Waals surface area (Å²) >= 11 is 1.57. The van der Waals surface area contributed by atoms with Crippen LogP contribution in [0.2, 0.25) is 0 Å². The van der Waals surface area contributed by atoms with Crippen LogP contribution in [0.5, 0.6) is 5.75 Å². The first-order valence-electron chi connectivity index (χ1n) is 4.21. The highest BCUT2D eigenvalue weighted by molar-refractivity contribution is 7.17. The van der Waals surface area contributed by atoms with Crippen molar-refractivity contribution in [2.24, 2.45) is 0 Å². The Balaban J connectivity index is 2.82. The van der Waals surface area contributed by atoms with Gasteiger partial charge in [-0.15, -0.1) is 11.3 Å². The van der Waals surface area contributed by atoms with Gasteiger partial charge in [-0.2, -0.15) is 0 Å². The number of methoxy groups -OCH3 is 1. The topological polar surface area (TPSA) is 55.5 Å². The number of nitrogens with two attached hydrogens (primary N) is 1. The first-order valence-corrected chi connectivity index (χ1v) is 5.09. The average molecular weight is 209 g/mol. The van der Waals surface area contributed by atoms with Crippen LogP contribution in [0.1, 0.15) is 5.56 Å². The van der Waals surface area contributed by atoms with Gasteiger partial charge in [0, 0.05) is 16.6 Å². The van der Waals surface area contributed by atoms with Crippen LogP contribution >= 0.6 is 11.3 Å². The Morgan fingerprint density at radius 2 is 2.36 bits per heavy atom. The minimum absolute atomic E-state index is 0.0544. The predicted molar refractivity (Wildman–Crippen MR) is 58.7 cm³/mol. The zero-order valence-electron chi connectivity index (χ0n) is 7.78. The number of fused-ring (bicyclic) bond motifs is 1. The Morgan fingerprint density at radius 3 is 3.00 bits per heavy atom. The third kappa shape index (κ3) is 1.23. The molecule has 74 valence electrons. The third-order valence-electron chi connectivity index (χ3n) is 2.18. The van der Waals surface area contributed by atoms with Crippen LogP contribution in [-0.2, 0) is 6.61 Å². The summed E-state index contributed by atoms with van der Waals surface area (Å²) in [6.45, 7) is -0.0544. The standard InChI is InChI=1S/C10H11NO2S/c1-13-9-6(5-12)4-8(11)7-2-3-14-10(7)9/h2-4,12H,5,11H2,1H3. The fourth-order valence-corrected chi connectivity index (χ4v) is 2.51. The minimum atomic E-state index is -0.0544. The lowest BCUT2D eigenvalue weighted by atomic mass is 10.1. The van der Waals surface area contributed by atoms with E-state index in [9.17, 15) is 0 Å². The van der Waals surface area contributed by atoms with E-state index in [0.717, 1.165) is 21.4 Å². The van der Waals surface area contributed by atoms with Crippen LogP contribution in [-0.4, -0.2) is 12.2 Å². The molecule has 2 rings (SSSR count). The first-order chi connectivity index (χ1) is 6.77. The van der Waals surface area contributed by atoms with Gasteiger partial charge < -0.3 is 15.6 Å². The molecule has 14 heavy (non-hydrogen) atoms. The molecule has 3 nitrogen and oxygen atoms in total. The van der Waals surface area contributed by atoms with Gasteiger partial charge in [0.25, 0.3) is 0 Å². The van der Waals surface area contributed by atoms with Crippen LogP contribution in [0.3, 0.4) is 0 Å². The molecule has 0 radical (unpaired) electrons. The second kappa shape index (κ2) is 3.48. The van der Waals surface area contributed by atoms with Crippen LogP contribution in [0.15, 0.2) is 17.5 Å². The smallest absolute Gasteiger partial charge is 0.142 e. The lowest BCUT2D eigenvalue weighted by molar-refractivity contribution is 0.274. The van der Waals surface area contributed by atoms with E-state index < -0.39 is 0 Å². The number of hydrogen-bond donors (Lipinski definition) is 2. The normalized spacial score (nSPS) is 10.7. The fourth-order valence-electron chi connectivity index (χ4n) is 1.53. The lowest BCUT2D eigenvalue weighted by Crippen LogP contribution is -1.95. The lowest BCUT2D eigenvalue weighted by Gasteiger charge is -2.09. The van der Waals surface area contributed by atoms with Crippen molar-refractivity contribution in [3.8, 4) is 5.75 Å². The highest BCUT2D eigenvalue weighted by Gasteiger charge is 2.11. The maximum absolute atomic E-state index is 9.14. The van der Waals surface area contributed by atoms with Gasteiger partial charge in [0.05, 0.1) is 18.4 Å². The number of aliphatic hydroxyl groups excluding tert-OH is 1. The van der Waals surface area contributed by atoms with Crippen molar-refractivity contribution in [1.82, 2.24) is 0 Å². The third-order valence-corrected chi connectivity index (χ3v) is 3.09. The Morgan fingerprint density at radius 1 is 1.57 bits per heavy atom. The molecule has 0 fully saturated rings. The summed E-state index contributed by atoms with van der Waals surface area (Å²) in [4.78, 5) is 0. The number of benzene rings is 1. The summed E-state index contributed by atoms with van der Waals surface area (Å²) in [5, 5.41) is 12.1. The molecule has 3 N–H and O–H groups in total. The van der Waals surface area contributed by atoms with Gasteiger partial charge >= 0.3 is 0 Å². The van der Waals surface area contributed by atoms with Gasteiger partial charge in [-0.1, -0.05) is 0 Å². The molecule has 1 aromatic carbocycles. The molecule has 1 heterocycles. The largest absolute Gasteiger partial charge is 0.495 e. The molecule has 0 atom stereocenters. The second-order valence-corrected chi connectivity index (χ2v) is 3.90. The van der Waals surface area contributed by atoms with Gasteiger partial charge in [-0.3, -0.25) is 0 Å². The fraction of sp³-hybridized carbons (Fsp3) is 0.200. The number of ether oxygens (including phenoxy) is 1. The van der Waals surface area contributed by atoms with Gasteiger partial charge in [0.2, 0.25) is 0 Å². The molecular weight excluding hydrogens is 198 g/mol. The molecule has 1 aromatic heterocycles. The highest BCUT2D eigenvalue weighted by atomic mass is 32.1. The molecule has 0 aliphatic carbocycles. The van der Waals surface area contributed by atoms with Crippen LogP contribution < -0.4 is 10.5 Å². The average Bonchev–Trinajstić information content (AvgIpc) is 2.66. The van der Waals surface area contributed by atoms with E-state index in [2.05, 4.69) is 0 Å². The molecule has 0 spiro atoms. The van der Waals surface area contributed by atoms with Crippen LogP contribution in [0, 0.1) is 0 Å². The minimum Gasteiger partial charge on any atom is -0.495 e. The maximum atomic E-state index is 9.14. The number of anilines is 1. The van der Waals surface area contributed by atoms with Gasteiger partial charge in [0.1, 0.15) is 5.75 Å². The van der Waals surface area contributed by atoms with Crippen molar-refractivity contribution in [2.45, 2.75) is 6.61 Å². The summed E-state index contributed by atoms with van der Waals surface area (Å²) in [5.74, 6) is 0.728. The van der Waals surface area contributed by atoms with E-state index in [1.807, 2.05) is 11.4 Å². The SMILES string of the molecule is COc1c(CO)cc(N)c2ccsc12.